The molecule has 0 aliphatic carbocycles. The van der Waals surface area contributed by atoms with Gasteiger partial charge < -0.3 is 19.6 Å². The second kappa shape index (κ2) is 2.95. The highest BCUT2D eigenvalue weighted by Gasteiger charge is 2.30. The fourth-order valence-electron chi connectivity index (χ4n) is 2.39. The molecule has 0 spiro atoms. The van der Waals surface area contributed by atoms with Gasteiger partial charge in [0.2, 0.25) is 0 Å². The van der Waals surface area contributed by atoms with Crippen LogP contribution in [0, 0.1) is 0 Å². The number of nitrogens with zero attached hydrogens (tertiary/aromatic N) is 4. The Bertz CT molecular complexity index is 335. The molecule has 0 unspecified atom stereocenters. The van der Waals surface area contributed by atoms with Crippen LogP contribution < -0.4 is 0 Å². The number of rotatable bonds is 0. The highest BCUT2D eigenvalue weighted by atomic mass is 15.4. The van der Waals surface area contributed by atoms with Crippen molar-refractivity contribution in [2.75, 3.05) is 27.2 Å². The first-order valence-corrected chi connectivity index (χ1v) is 5.37. The molecule has 4 heteroatoms. The third kappa shape index (κ3) is 1.14. The highest BCUT2D eigenvalue weighted by molar-refractivity contribution is 5.26. The van der Waals surface area contributed by atoms with Gasteiger partial charge in [0.25, 0.3) is 0 Å². The molecule has 0 aromatic rings. The molecule has 0 amide bonds. The van der Waals surface area contributed by atoms with Gasteiger partial charge in [-0.25, -0.2) is 0 Å². The van der Waals surface area contributed by atoms with E-state index in [0.29, 0.717) is 0 Å². The van der Waals surface area contributed by atoms with Crippen molar-refractivity contribution in [1.29, 1.82) is 0 Å². The van der Waals surface area contributed by atoms with E-state index in [1.54, 1.807) is 0 Å². The summed E-state index contributed by atoms with van der Waals surface area (Å²) in [5, 5.41) is 0. The quantitative estimate of drug-likeness (QED) is 0.582. The Labute approximate surface area is 90.3 Å². The van der Waals surface area contributed by atoms with Gasteiger partial charge in [-0.15, -0.1) is 0 Å². The lowest BCUT2D eigenvalue weighted by molar-refractivity contribution is 0.351. The summed E-state index contributed by atoms with van der Waals surface area (Å²) in [6.45, 7) is 2.22. The average molecular weight is 204 g/mol. The van der Waals surface area contributed by atoms with E-state index in [9.17, 15) is 0 Å². The molecule has 0 saturated heterocycles. The van der Waals surface area contributed by atoms with Crippen LogP contribution in [0.4, 0.5) is 0 Å². The monoisotopic (exact) mass is 204 g/mol. The van der Waals surface area contributed by atoms with Gasteiger partial charge in [0.05, 0.1) is 0 Å². The normalized spacial score (nSPS) is 23.9. The van der Waals surface area contributed by atoms with Gasteiger partial charge >= 0.3 is 0 Å². The van der Waals surface area contributed by atoms with Crippen LogP contribution in [0.15, 0.2) is 36.4 Å². The minimum atomic E-state index is 1.11. The molecule has 0 radical (unpaired) electrons. The lowest BCUT2D eigenvalue weighted by Crippen LogP contribution is -2.28. The number of hydrogen-bond donors (Lipinski definition) is 0. The molecule has 15 heavy (non-hydrogen) atoms. The van der Waals surface area contributed by atoms with Crippen molar-refractivity contribution >= 4 is 0 Å². The van der Waals surface area contributed by atoms with E-state index in [0.717, 1.165) is 13.1 Å². The van der Waals surface area contributed by atoms with Crippen LogP contribution >= 0.6 is 0 Å². The second-order valence-corrected chi connectivity index (χ2v) is 4.21. The van der Waals surface area contributed by atoms with Crippen LogP contribution in [0.1, 0.15) is 6.42 Å². The van der Waals surface area contributed by atoms with Crippen LogP contribution in [-0.2, 0) is 0 Å². The van der Waals surface area contributed by atoms with Crippen molar-refractivity contribution in [2.24, 2.45) is 0 Å². The Balaban J connectivity index is 2.08. The Morgan fingerprint density at radius 2 is 1.27 bits per heavy atom. The van der Waals surface area contributed by atoms with Gasteiger partial charge in [-0.2, -0.15) is 0 Å². The van der Waals surface area contributed by atoms with Gasteiger partial charge in [0, 0.05) is 52.0 Å². The molecule has 0 aromatic carbocycles. The van der Waals surface area contributed by atoms with Crippen molar-refractivity contribution in [3.8, 4) is 0 Å². The predicted octanol–water partition coefficient (Wildman–Crippen LogP) is 0.954. The Morgan fingerprint density at radius 1 is 0.800 bits per heavy atom. The fourth-order valence-corrected chi connectivity index (χ4v) is 2.39. The molecule has 3 aliphatic rings. The molecule has 0 aromatic heterocycles. The van der Waals surface area contributed by atoms with Crippen molar-refractivity contribution in [3.63, 3.8) is 0 Å². The molecule has 3 heterocycles. The molecular weight excluding hydrogens is 188 g/mol. The zero-order valence-electron chi connectivity index (χ0n) is 9.22. The maximum Gasteiger partial charge on any atom is 0.154 e. The van der Waals surface area contributed by atoms with Crippen LogP contribution in [-0.4, -0.2) is 46.8 Å². The summed E-state index contributed by atoms with van der Waals surface area (Å²) < 4.78 is 0. The van der Waals surface area contributed by atoms with Gasteiger partial charge in [-0.3, -0.25) is 0 Å². The summed E-state index contributed by atoms with van der Waals surface area (Å²) in [6.07, 6.45) is 9.77. The van der Waals surface area contributed by atoms with Gasteiger partial charge in [0.1, 0.15) is 0 Å². The van der Waals surface area contributed by atoms with E-state index < -0.39 is 0 Å². The summed E-state index contributed by atoms with van der Waals surface area (Å²) in [7, 11) is 4.21. The maximum atomic E-state index is 2.33. The molecule has 4 nitrogen and oxygen atoms in total. The Hall–Kier alpha value is -1.58. The van der Waals surface area contributed by atoms with Crippen LogP contribution in [0.25, 0.3) is 0 Å². The molecule has 0 atom stereocenters. The maximum absolute atomic E-state index is 2.33. The number of hydrogen-bond acceptors (Lipinski definition) is 4. The molecule has 0 fully saturated rings. The summed E-state index contributed by atoms with van der Waals surface area (Å²) in [4.78, 5) is 9.05. The zero-order chi connectivity index (χ0) is 10.4. The van der Waals surface area contributed by atoms with Crippen molar-refractivity contribution in [2.45, 2.75) is 6.42 Å². The first-order chi connectivity index (χ1) is 7.27. The molecule has 3 rings (SSSR count). The lowest BCUT2D eigenvalue weighted by atomic mass is 10.4. The summed E-state index contributed by atoms with van der Waals surface area (Å²) in [6, 6.07) is 0. The molecule has 80 valence electrons. The SMILES string of the molecule is CN1C=CN2CCCN3C=CN(C)C3=C12. The molecule has 3 aliphatic heterocycles. The zero-order valence-corrected chi connectivity index (χ0v) is 9.22. The summed E-state index contributed by atoms with van der Waals surface area (Å²) in [5.41, 5.74) is 0. The number of fused-ring (bicyclic) bond motifs is 2. The van der Waals surface area contributed by atoms with E-state index in [1.807, 2.05) is 0 Å². The van der Waals surface area contributed by atoms with E-state index in [2.05, 4.69) is 58.5 Å². The highest BCUT2D eigenvalue weighted by Crippen LogP contribution is 2.31. The predicted molar refractivity (Wildman–Crippen MR) is 58.9 cm³/mol. The van der Waals surface area contributed by atoms with Gasteiger partial charge in [-0.05, 0) is 6.42 Å². The first-order valence-electron chi connectivity index (χ1n) is 5.37. The minimum Gasteiger partial charge on any atom is -0.333 e. The molecule has 0 saturated carbocycles. The summed E-state index contributed by atoms with van der Waals surface area (Å²) in [5.74, 6) is 2.58. The Morgan fingerprint density at radius 3 is 1.73 bits per heavy atom. The van der Waals surface area contributed by atoms with Crippen LogP contribution in [0.3, 0.4) is 0 Å². The van der Waals surface area contributed by atoms with Gasteiger partial charge in [-0.1, -0.05) is 0 Å². The molecule has 0 bridgehead atoms. The molecular formula is C11H16N4. The lowest BCUT2D eigenvalue weighted by Gasteiger charge is -2.27. The van der Waals surface area contributed by atoms with Crippen LogP contribution in [0.5, 0.6) is 0 Å². The average Bonchev–Trinajstić information content (AvgIpc) is 2.68. The first kappa shape index (κ1) is 8.71. The van der Waals surface area contributed by atoms with E-state index in [-0.39, 0.29) is 0 Å². The Kier molecular flexibility index (Phi) is 1.71. The largest absolute Gasteiger partial charge is 0.333 e. The van der Waals surface area contributed by atoms with Crippen molar-refractivity contribution in [3.05, 3.63) is 36.4 Å². The van der Waals surface area contributed by atoms with Crippen molar-refractivity contribution < 1.29 is 0 Å². The van der Waals surface area contributed by atoms with E-state index in [1.165, 1.54) is 18.1 Å². The molecule has 0 N–H and O–H groups in total. The second-order valence-electron chi connectivity index (χ2n) is 4.21. The van der Waals surface area contributed by atoms with Gasteiger partial charge in [0.15, 0.2) is 11.6 Å². The van der Waals surface area contributed by atoms with Crippen molar-refractivity contribution in [1.82, 2.24) is 19.6 Å². The van der Waals surface area contributed by atoms with E-state index >= 15 is 0 Å². The minimum absolute atomic E-state index is 1.11. The standard InChI is InChI=1S/C11H16N4/c1-12-6-8-14-4-3-5-15-9-7-13(2)11(15)10(12)14/h6-9H,3-5H2,1-2H3. The fraction of sp³-hybridized carbons (Fsp3) is 0.455. The third-order valence-corrected chi connectivity index (χ3v) is 3.15. The topological polar surface area (TPSA) is 13.0 Å². The van der Waals surface area contributed by atoms with Crippen LogP contribution in [0.2, 0.25) is 0 Å². The summed E-state index contributed by atoms with van der Waals surface area (Å²) >= 11 is 0. The smallest absolute Gasteiger partial charge is 0.154 e. The third-order valence-electron chi connectivity index (χ3n) is 3.15. The van der Waals surface area contributed by atoms with E-state index in [4.69, 9.17) is 0 Å².